The van der Waals surface area contributed by atoms with Crippen LogP contribution in [-0.2, 0) is 23.5 Å². The fraction of sp³-hybridized carbons (Fsp3) is 0.786. The van der Waals surface area contributed by atoms with Gasteiger partial charge in [0.25, 0.3) is 0 Å². The number of ether oxygens (including phenoxy) is 1. The van der Waals surface area contributed by atoms with Crippen molar-refractivity contribution in [3.63, 3.8) is 0 Å². The minimum Gasteiger partial charge on any atom is -0.480 e. The van der Waals surface area contributed by atoms with E-state index in [9.17, 15) is 14.4 Å². The van der Waals surface area contributed by atoms with Gasteiger partial charge >= 0.3 is 11.9 Å². The van der Waals surface area contributed by atoms with Gasteiger partial charge in [-0.05, 0) is 32.5 Å². The minimum absolute atomic E-state index is 0.234. The summed E-state index contributed by atoms with van der Waals surface area (Å²) >= 11 is 0. The summed E-state index contributed by atoms with van der Waals surface area (Å²) < 4.78 is 10.1. The van der Waals surface area contributed by atoms with Crippen molar-refractivity contribution in [2.24, 2.45) is 0 Å². The van der Waals surface area contributed by atoms with Crippen LogP contribution in [0.2, 0.25) is 19.6 Å². The predicted octanol–water partition coefficient (Wildman–Crippen LogP) is 1.53. The van der Waals surface area contributed by atoms with Gasteiger partial charge < -0.3 is 19.6 Å². The molecule has 0 aliphatic heterocycles. The second-order valence-electron chi connectivity index (χ2n) is 6.01. The maximum atomic E-state index is 11.7. The van der Waals surface area contributed by atoms with Gasteiger partial charge in [-0.2, -0.15) is 0 Å². The lowest BCUT2D eigenvalue weighted by Gasteiger charge is -2.16. The standard InChI is InChI=1S/C14H27NO6Si/c1-20-13(17)10-11(14(18)19)15-12(16)8-6-5-7-9-21-22(2,3)4/h11H,5-10H2,1-4H3,(H,15,16)(H,18,19)/t11-/m1/s1. The van der Waals surface area contributed by atoms with Crippen LogP contribution in [0.1, 0.15) is 32.1 Å². The van der Waals surface area contributed by atoms with Gasteiger partial charge in [0, 0.05) is 13.0 Å². The number of methoxy groups -OCH3 is 1. The lowest BCUT2D eigenvalue weighted by molar-refractivity contribution is -0.148. The van der Waals surface area contributed by atoms with Crippen LogP contribution in [0.5, 0.6) is 0 Å². The maximum absolute atomic E-state index is 11.7. The highest BCUT2D eigenvalue weighted by Crippen LogP contribution is 2.06. The average molecular weight is 333 g/mol. The summed E-state index contributed by atoms with van der Waals surface area (Å²) in [5.41, 5.74) is 0. The highest BCUT2D eigenvalue weighted by Gasteiger charge is 2.23. The Morgan fingerprint density at radius 3 is 2.27 bits per heavy atom. The molecule has 7 nitrogen and oxygen atoms in total. The number of carboxylic acid groups (broad SMARTS) is 1. The molecule has 0 bridgehead atoms. The van der Waals surface area contributed by atoms with Gasteiger partial charge in [0.05, 0.1) is 13.5 Å². The van der Waals surface area contributed by atoms with E-state index in [1.54, 1.807) is 0 Å². The summed E-state index contributed by atoms with van der Waals surface area (Å²) in [4.78, 5) is 33.7. The summed E-state index contributed by atoms with van der Waals surface area (Å²) in [6, 6.07) is -1.24. The molecule has 1 atom stereocenters. The van der Waals surface area contributed by atoms with Crippen molar-refractivity contribution in [2.45, 2.75) is 57.8 Å². The second kappa shape index (κ2) is 10.3. The van der Waals surface area contributed by atoms with Crippen LogP contribution in [0.4, 0.5) is 0 Å². The predicted molar refractivity (Wildman–Crippen MR) is 84.0 cm³/mol. The van der Waals surface area contributed by atoms with Crippen molar-refractivity contribution < 1.29 is 28.7 Å². The summed E-state index contributed by atoms with van der Waals surface area (Å²) in [6.07, 6.45) is 2.24. The smallest absolute Gasteiger partial charge is 0.326 e. The van der Waals surface area contributed by atoms with E-state index in [2.05, 4.69) is 29.7 Å². The molecule has 0 aliphatic rings. The third kappa shape index (κ3) is 11.3. The molecule has 0 saturated heterocycles. The molecule has 0 saturated carbocycles. The average Bonchev–Trinajstić information content (AvgIpc) is 2.40. The van der Waals surface area contributed by atoms with E-state index in [0.29, 0.717) is 13.0 Å². The Hall–Kier alpha value is -1.41. The third-order valence-corrected chi connectivity index (χ3v) is 3.89. The second-order valence-corrected chi connectivity index (χ2v) is 10.5. The molecule has 0 rings (SSSR count). The van der Waals surface area contributed by atoms with E-state index < -0.39 is 26.3 Å². The summed E-state index contributed by atoms with van der Waals surface area (Å²) in [6.45, 7) is 7.05. The minimum atomic E-state index is -1.48. The number of aliphatic carboxylic acids is 1. The Labute approximate surface area is 132 Å². The number of hydrogen-bond donors (Lipinski definition) is 2. The number of carboxylic acids is 1. The number of rotatable bonds is 11. The zero-order valence-corrected chi connectivity index (χ0v) is 14.8. The lowest BCUT2D eigenvalue weighted by Crippen LogP contribution is -2.42. The monoisotopic (exact) mass is 333 g/mol. The van der Waals surface area contributed by atoms with Gasteiger partial charge in [-0.25, -0.2) is 4.79 Å². The first-order chi connectivity index (χ1) is 10.2. The van der Waals surface area contributed by atoms with Crippen molar-refractivity contribution in [2.75, 3.05) is 13.7 Å². The van der Waals surface area contributed by atoms with Crippen molar-refractivity contribution in [1.82, 2.24) is 5.32 Å². The van der Waals surface area contributed by atoms with Gasteiger partial charge in [-0.1, -0.05) is 6.42 Å². The van der Waals surface area contributed by atoms with Gasteiger partial charge in [-0.3, -0.25) is 9.59 Å². The van der Waals surface area contributed by atoms with Crippen molar-refractivity contribution in [3.05, 3.63) is 0 Å². The van der Waals surface area contributed by atoms with Crippen molar-refractivity contribution in [1.29, 1.82) is 0 Å². The molecule has 0 radical (unpaired) electrons. The Balaban J connectivity index is 3.91. The first kappa shape index (κ1) is 20.6. The zero-order valence-electron chi connectivity index (χ0n) is 13.8. The molecule has 0 aromatic rings. The number of unbranched alkanes of at least 4 members (excludes halogenated alkanes) is 2. The van der Waals surface area contributed by atoms with Crippen LogP contribution < -0.4 is 5.32 Å². The zero-order chi connectivity index (χ0) is 17.2. The molecule has 0 aliphatic carbocycles. The van der Waals surface area contributed by atoms with Crippen LogP contribution in [0.15, 0.2) is 0 Å². The first-order valence-electron chi connectivity index (χ1n) is 7.38. The van der Waals surface area contributed by atoms with Crippen molar-refractivity contribution in [3.8, 4) is 0 Å². The van der Waals surface area contributed by atoms with Gasteiger partial charge in [0.2, 0.25) is 5.91 Å². The summed E-state index contributed by atoms with van der Waals surface area (Å²) in [5, 5.41) is 11.3. The molecule has 0 spiro atoms. The quantitative estimate of drug-likeness (QED) is 0.338. The number of carbonyl (C=O) groups excluding carboxylic acids is 2. The number of carbonyl (C=O) groups is 3. The van der Waals surface area contributed by atoms with E-state index in [-0.39, 0.29) is 18.7 Å². The van der Waals surface area contributed by atoms with Crippen LogP contribution >= 0.6 is 0 Å². The molecule has 0 fully saturated rings. The molecule has 0 aromatic heterocycles. The van der Waals surface area contributed by atoms with Crippen molar-refractivity contribution >= 4 is 26.2 Å². The van der Waals surface area contributed by atoms with Gasteiger partial charge in [0.1, 0.15) is 6.04 Å². The Morgan fingerprint density at radius 2 is 1.77 bits per heavy atom. The highest BCUT2D eigenvalue weighted by atomic mass is 28.4. The van der Waals surface area contributed by atoms with E-state index in [1.165, 1.54) is 7.11 Å². The van der Waals surface area contributed by atoms with Gasteiger partial charge in [-0.15, -0.1) is 0 Å². The molecule has 22 heavy (non-hydrogen) atoms. The summed E-state index contributed by atoms with van der Waals surface area (Å²) in [7, 11) is -0.309. The lowest BCUT2D eigenvalue weighted by atomic mass is 10.1. The van der Waals surface area contributed by atoms with Crippen LogP contribution in [-0.4, -0.2) is 51.0 Å². The van der Waals surface area contributed by atoms with Crippen LogP contribution in [0, 0.1) is 0 Å². The molecule has 0 unspecified atom stereocenters. The van der Waals surface area contributed by atoms with E-state index in [1.807, 2.05) is 0 Å². The molecule has 8 heteroatoms. The topological polar surface area (TPSA) is 102 Å². The maximum Gasteiger partial charge on any atom is 0.326 e. The summed E-state index contributed by atoms with van der Waals surface area (Å²) in [5.74, 6) is -2.29. The molecule has 2 N–H and O–H groups in total. The van der Waals surface area contributed by atoms with Gasteiger partial charge in [0.15, 0.2) is 8.32 Å². The first-order valence-corrected chi connectivity index (χ1v) is 10.8. The number of nitrogens with one attached hydrogen (secondary N) is 1. The van der Waals surface area contributed by atoms with E-state index in [0.717, 1.165) is 12.8 Å². The van der Waals surface area contributed by atoms with Crippen LogP contribution in [0.3, 0.4) is 0 Å². The SMILES string of the molecule is COC(=O)C[C@@H](NC(=O)CCCCCO[Si](C)(C)C)C(=O)O. The third-order valence-electron chi connectivity index (χ3n) is 2.82. The Kier molecular flexibility index (Phi) is 9.67. The van der Waals surface area contributed by atoms with Crippen LogP contribution in [0.25, 0.3) is 0 Å². The molecule has 0 heterocycles. The molecule has 128 valence electrons. The number of hydrogen-bond acceptors (Lipinski definition) is 5. The van der Waals surface area contributed by atoms with E-state index in [4.69, 9.17) is 9.53 Å². The number of esters is 1. The molecular formula is C14H27NO6Si. The fourth-order valence-electron chi connectivity index (χ4n) is 1.66. The fourth-order valence-corrected chi connectivity index (χ4v) is 2.42. The number of amides is 1. The molecule has 1 amide bonds. The molecule has 0 aromatic carbocycles. The van der Waals surface area contributed by atoms with E-state index >= 15 is 0 Å². The Morgan fingerprint density at radius 1 is 1.14 bits per heavy atom. The largest absolute Gasteiger partial charge is 0.480 e. The highest BCUT2D eigenvalue weighted by molar-refractivity contribution is 6.69. The molecular weight excluding hydrogens is 306 g/mol. The Bertz CT molecular complexity index is 380. The normalized spacial score (nSPS) is 12.5.